The molecule has 1 aliphatic rings. The standard InChI is InChI=1S/C20H21NO6S/c1-13-5-6-15(22)8-20(13)28(23,24)27-7-3-2-4-14-11-21-17-10-19-18(9-16(14)17)25-12-26-19/h5-6,8-11,21-22H,2-4,7,12H2,1H3. The van der Waals surface area contributed by atoms with Crippen molar-refractivity contribution in [3.8, 4) is 17.2 Å². The van der Waals surface area contributed by atoms with Crippen molar-refractivity contribution >= 4 is 21.0 Å². The Labute approximate surface area is 163 Å². The van der Waals surface area contributed by atoms with Gasteiger partial charge >= 0.3 is 0 Å². The zero-order valence-electron chi connectivity index (χ0n) is 15.4. The van der Waals surface area contributed by atoms with Crippen LogP contribution in [-0.2, 0) is 20.7 Å². The van der Waals surface area contributed by atoms with Crippen LogP contribution in [0.3, 0.4) is 0 Å². The van der Waals surface area contributed by atoms with E-state index in [-0.39, 0.29) is 24.0 Å². The molecule has 7 nitrogen and oxygen atoms in total. The molecule has 0 aliphatic carbocycles. The first-order valence-corrected chi connectivity index (χ1v) is 10.4. The Morgan fingerprint density at radius 2 is 1.93 bits per heavy atom. The van der Waals surface area contributed by atoms with Gasteiger partial charge in [-0.05, 0) is 49.4 Å². The molecule has 3 aromatic rings. The van der Waals surface area contributed by atoms with Gasteiger partial charge in [0.15, 0.2) is 11.5 Å². The Bertz CT molecular complexity index is 1120. The van der Waals surface area contributed by atoms with Crippen LogP contribution in [0.2, 0.25) is 0 Å². The number of aromatic hydroxyl groups is 1. The number of rotatable bonds is 7. The van der Waals surface area contributed by atoms with E-state index in [0.717, 1.165) is 40.8 Å². The normalized spacial score (nSPS) is 13.3. The molecule has 28 heavy (non-hydrogen) atoms. The van der Waals surface area contributed by atoms with Gasteiger partial charge in [0.25, 0.3) is 10.1 Å². The fourth-order valence-corrected chi connectivity index (χ4v) is 4.48. The van der Waals surface area contributed by atoms with Crippen LogP contribution in [0.5, 0.6) is 17.2 Å². The van der Waals surface area contributed by atoms with Gasteiger partial charge in [0.1, 0.15) is 10.6 Å². The molecule has 1 aliphatic heterocycles. The number of hydrogen-bond acceptors (Lipinski definition) is 6. The average Bonchev–Trinajstić information content (AvgIpc) is 3.27. The lowest BCUT2D eigenvalue weighted by Gasteiger charge is -2.08. The summed E-state index contributed by atoms with van der Waals surface area (Å²) < 4.78 is 40.6. The molecule has 148 valence electrons. The molecule has 0 amide bonds. The summed E-state index contributed by atoms with van der Waals surface area (Å²) in [6.45, 7) is 1.99. The van der Waals surface area contributed by atoms with Crippen molar-refractivity contribution in [1.82, 2.24) is 4.98 Å². The number of H-pyrrole nitrogens is 1. The molecule has 0 spiro atoms. The highest BCUT2D eigenvalue weighted by Gasteiger charge is 2.19. The predicted molar refractivity (Wildman–Crippen MR) is 103 cm³/mol. The molecule has 0 unspecified atom stereocenters. The number of phenolic OH excluding ortho intramolecular Hbond substituents is 1. The van der Waals surface area contributed by atoms with E-state index in [2.05, 4.69) is 4.98 Å². The molecule has 0 fully saturated rings. The lowest BCUT2D eigenvalue weighted by molar-refractivity contribution is 0.174. The number of hydrogen-bond donors (Lipinski definition) is 2. The van der Waals surface area contributed by atoms with Gasteiger partial charge in [-0.2, -0.15) is 8.42 Å². The van der Waals surface area contributed by atoms with E-state index in [1.54, 1.807) is 13.0 Å². The second kappa shape index (κ2) is 7.37. The van der Waals surface area contributed by atoms with Gasteiger partial charge < -0.3 is 19.6 Å². The summed E-state index contributed by atoms with van der Waals surface area (Å²) in [6.07, 6.45) is 4.10. The fraction of sp³-hybridized carbons (Fsp3) is 0.300. The summed E-state index contributed by atoms with van der Waals surface area (Å²) in [5.41, 5.74) is 2.66. The number of fused-ring (bicyclic) bond motifs is 2. The van der Waals surface area contributed by atoms with E-state index in [9.17, 15) is 13.5 Å². The van der Waals surface area contributed by atoms with Crippen LogP contribution in [0.1, 0.15) is 24.0 Å². The molecule has 1 aromatic heterocycles. The van der Waals surface area contributed by atoms with Crippen molar-refractivity contribution < 1.29 is 27.2 Å². The summed E-state index contributed by atoms with van der Waals surface area (Å²) in [5.74, 6) is 1.37. The molecule has 4 rings (SSSR count). The van der Waals surface area contributed by atoms with Crippen molar-refractivity contribution in [1.29, 1.82) is 0 Å². The number of aromatic nitrogens is 1. The molecule has 0 atom stereocenters. The molecule has 2 N–H and O–H groups in total. The number of phenols is 1. The van der Waals surface area contributed by atoms with E-state index < -0.39 is 10.1 Å². The van der Waals surface area contributed by atoms with Crippen molar-refractivity contribution in [2.75, 3.05) is 13.4 Å². The predicted octanol–water partition coefficient (Wildman–Crippen LogP) is 3.64. The van der Waals surface area contributed by atoms with Crippen LogP contribution in [0, 0.1) is 6.92 Å². The summed E-state index contributed by atoms with van der Waals surface area (Å²) in [5, 5.41) is 10.6. The maximum atomic E-state index is 12.3. The van der Waals surface area contributed by atoms with Gasteiger partial charge in [0.05, 0.1) is 6.61 Å². The molecule has 0 saturated heterocycles. The Hall–Kier alpha value is -2.71. The molecule has 0 saturated carbocycles. The van der Waals surface area contributed by atoms with Gasteiger partial charge in [-0.25, -0.2) is 0 Å². The van der Waals surface area contributed by atoms with Crippen LogP contribution in [0.4, 0.5) is 0 Å². The van der Waals surface area contributed by atoms with E-state index in [0.29, 0.717) is 12.0 Å². The first-order chi connectivity index (χ1) is 13.4. The Balaban J connectivity index is 1.34. The van der Waals surface area contributed by atoms with Crippen LogP contribution >= 0.6 is 0 Å². The fourth-order valence-electron chi connectivity index (χ4n) is 3.28. The van der Waals surface area contributed by atoms with Crippen LogP contribution in [-0.4, -0.2) is 31.9 Å². The maximum Gasteiger partial charge on any atom is 0.297 e. The van der Waals surface area contributed by atoms with Crippen LogP contribution < -0.4 is 9.47 Å². The number of unbranched alkanes of at least 4 members (excludes halogenated alkanes) is 1. The molecular weight excluding hydrogens is 382 g/mol. The number of ether oxygens (including phenoxy) is 2. The molecule has 2 aromatic carbocycles. The van der Waals surface area contributed by atoms with E-state index in [1.165, 1.54) is 12.1 Å². The van der Waals surface area contributed by atoms with Gasteiger partial charge in [-0.3, -0.25) is 4.18 Å². The maximum absolute atomic E-state index is 12.3. The second-order valence-electron chi connectivity index (χ2n) is 6.75. The summed E-state index contributed by atoms with van der Waals surface area (Å²) in [7, 11) is -3.89. The summed E-state index contributed by atoms with van der Waals surface area (Å²) in [6, 6.07) is 8.10. The minimum Gasteiger partial charge on any atom is -0.508 e. The van der Waals surface area contributed by atoms with Gasteiger partial charge in [0, 0.05) is 29.2 Å². The topological polar surface area (TPSA) is 97.8 Å². The quantitative estimate of drug-likeness (QED) is 0.462. The number of nitrogens with one attached hydrogen (secondary N) is 1. The second-order valence-corrected chi connectivity index (χ2v) is 8.33. The van der Waals surface area contributed by atoms with Crippen molar-refractivity contribution in [3.05, 3.63) is 47.7 Å². The van der Waals surface area contributed by atoms with Crippen molar-refractivity contribution in [2.24, 2.45) is 0 Å². The zero-order valence-corrected chi connectivity index (χ0v) is 16.2. The highest BCUT2D eigenvalue weighted by molar-refractivity contribution is 7.86. The minimum atomic E-state index is -3.89. The number of aromatic amines is 1. The Morgan fingerprint density at radius 1 is 1.14 bits per heavy atom. The third kappa shape index (κ3) is 3.65. The molecule has 8 heteroatoms. The smallest absolute Gasteiger partial charge is 0.297 e. The number of benzene rings is 2. The van der Waals surface area contributed by atoms with Crippen LogP contribution in [0.25, 0.3) is 10.9 Å². The first-order valence-electron chi connectivity index (χ1n) is 9.03. The first kappa shape index (κ1) is 18.6. The third-order valence-corrected chi connectivity index (χ3v) is 6.24. The molecular formula is C20H21NO6S. The molecule has 0 radical (unpaired) electrons. The summed E-state index contributed by atoms with van der Waals surface area (Å²) >= 11 is 0. The highest BCUT2D eigenvalue weighted by atomic mass is 32.2. The van der Waals surface area contributed by atoms with E-state index in [1.807, 2.05) is 18.3 Å². The van der Waals surface area contributed by atoms with Gasteiger partial charge in [0.2, 0.25) is 6.79 Å². The van der Waals surface area contributed by atoms with Gasteiger partial charge in [-0.15, -0.1) is 0 Å². The van der Waals surface area contributed by atoms with Crippen molar-refractivity contribution in [3.63, 3.8) is 0 Å². The van der Waals surface area contributed by atoms with Crippen molar-refractivity contribution in [2.45, 2.75) is 31.1 Å². The van der Waals surface area contributed by atoms with E-state index >= 15 is 0 Å². The third-order valence-electron chi connectivity index (χ3n) is 4.78. The van der Waals surface area contributed by atoms with Gasteiger partial charge in [-0.1, -0.05) is 6.07 Å². The highest BCUT2D eigenvalue weighted by Crippen LogP contribution is 2.37. The lowest BCUT2D eigenvalue weighted by Crippen LogP contribution is -2.09. The van der Waals surface area contributed by atoms with E-state index in [4.69, 9.17) is 13.7 Å². The zero-order chi connectivity index (χ0) is 19.7. The largest absolute Gasteiger partial charge is 0.508 e. The lowest BCUT2D eigenvalue weighted by atomic mass is 10.1. The monoisotopic (exact) mass is 403 g/mol. The Kier molecular flexibility index (Phi) is 4.91. The summed E-state index contributed by atoms with van der Waals surface area (Å²) in [4.78, 5) is 3.23. The molecule has 0 bridgehead atoms. The molecule has 2 heterocycles. The minimum absolute atomic E-state index is 0.000188. The Morgan fingerprint density at radius 3 is 2.75 bits per heavy atom. The SMILES string of the molecule is Cc1ccc(O)cc1S(=O)(=O)OCCCCc1c[nH]c2cc3c(cc12)OCO3. The number of aryl methyl sites for hydroxylation is 2. The average molecular weight is 403 g/mol. The van der Waals surface area contributed by atoms with Crippen LogP contribution in [0.15, 0.2) is 41.4 Å².